The molecule has 0 aliphatic carbocycles. The molecule has 0 saturated carbocycles. The zero-order chi connectivity index (χ0) is 108. The Balaban J connectivity index is 1.39. The van der Waals surface area contributed by atoms with Crippen molar-refractivity contribution in [2.75, 3.05) is 119 Å². The van der Waals surface area contributed by atoms with Crippen LogP contribution in [0.15, 0.2) is 30.3 Å². The number of unbranched alkanes of at least 4 members (excludes halogenated alkanes) is 10. The molecule has 3 aliphatic heterocycles. The first-order valence-corrected chi connectivity index (χ1v) is 50.0. The first kappa shape index (κ1) is 128. The molecule has 6 unspecified atom stereocenters. The molecule has 0 radical (unpaired) electrons. The Bertz CT molecular complexity index is 3940. The highest BCUT2D eigenvalue weighted by molar-refractivity contribution is 5.80. The number of benzene rings is 1. The Hall–Kier alpha value is -11.7. The van der Waals surface area contributed by atoms with Crippen molar-refractivity contribution in [3.8, 4) is 0 Å². The molecule has 3 fully saturated rings. The topological polar surface area (TPSA) is 637 Å². The Morgan fingerprint density at radius 1 is 0.272 bits per heavy atom. The summed E-state index contributed by atoms with van der Waals surface area (Å²) in [5.74, 6) is -11.1. The average molecular weight is 2100 g/mol. The molecule has 0 aromatic heterocycles. The summed E-state index contributed by atoms with van der Waals surface area (Å²) < 4.78 is 108. The van der Waals surface area contributed by atoms with Gasteiger partial charge in [-0.15, -0.1) is 0 Å². The van der Waals surface area contributed by atoms with Gasteiger partial charge in [0, 0.05) is 194 Å². The van der Waals surface area contributed by atoms with E-state index in [0.29, 0.717) is 83.5 Å². The van der Waals surface area contributed by atoms with Gasteiger partial charge in [-0.25, -0.2) is 0 Å². The van der Waals surface area contributed by atoms with E-state index in [4.69, 9.17) is 90.0 Å². The van der Waals surface area contributed by atoms with Crippen LogP contribution < -0.4 is 53.2 Å². The average Bonchev–Trinajstić information content (AvgIpc) is 0.792. The molecule has 830 valence electrons. The monoisotopic (exact) mass is 2100 g/mol. The van der Waals surface area contributed by atoms with Crippen molar-refractivity contribution in [2.45, 2.75) is 348 Å². The first-order chi connectivity index (χ1) is 70.1. The minimum atomic E-state index is -1.49. The van der Waals surface area contributed by atoms with Crippen molar-refractivity contribution in [3.63, 3.8) is 0 Å². The van der Waals surface area contributed by atoms with Crippen LogP contribution >= 0.6 is 0 Å². The standard InChI is InChI=1S/C98H154N10O39/c1-62(109)105-86-92(142-71(10)118)89(139-68(7)115)75(56-135-65(4)112)145-95(86)132-49-27-24-35-78(121)99-43-30-46-102-81(124)40-52-129-59-98(108-84(127)38-22-17-15-13-14-16-18-23-39-85(128)138-55-74-33-20-19-21-34-74,60-130-53-41-82(125)103-47-31-44-100-79(122)36-25-28-50-133-96-87(106-63(2)110)93(143-72(11)119)90(140-69(8)116)76(146-96)57-136-66(5)113)61-131-54-42-83(126)104-48-32-45-101-80(123)37-26-29-51-134-97-88(107-64(3)111)94(144-73(12)120)91(141-70(9)117)77(147-97)58-137-67(6)114/h19-21,33-34,75-77,86-97H,13-18,22-32,35-61H2,1-12H3,(H,99,121)(H,100,122)(H,101,123)(H,102,124)(H,103,125)(H,104,126)(H,105,109)(H,106,110)(H,107,111)(H,108,127)/t75?,76?,77?,86?,87?,88?,89-,90-,91-,92-,93-,94-,95-,96-,97-,98?/m1/s1. The smallest absolute Gasteiger partial charge is 0.306 e. The molecule has 1 aromatic carbocycles. The summed E-state index contributed by atoms with van der Waals surface area (Å²) in [5.41, 5.74) is -0.583. The van der Waals surface area contributed by atoms with E-state index in [9.17, 15) is 95.9 Å². The third kappa shape index (κ3) is 57.4. The summed E-state index contributed by atoms with van der Waals surface area (Å²) in [6, 6.07) is 5.89. The lowest BCUT2D eigenvalue weighted by Gasteiger charge is -2.44. The quantitative estimate of drug-likeness (QED) is 0.0254. The molecule has 0 spiro atoms. The summed E-state index contributed by atoms with van der Waals surface area (Å²) in [5, 5.41) is 27.7. The third-order valence-corrected chi connectivity index (χ3v) is 22.2. The Morgan fingerprint density at radius 3 is 0.810 bits per heavy atom. The second-order valence-corrected chi connectivity index (χ2v) is 35.5. The fourth-order valence-corrected chi connectivity index (χ4v) is 15.5. The zero-order valence-electron chi connectivity index (χ0n) is 86.6. The molecular formula is C98H154N10O39. The summed E-state index contributed by atoms with van der Waals surface area (Å²) in [6.45, 7) is 12.3. The predicted molar refractivity (Wildman–Crippen MR) is 513 cm³/mol. The zero-order valence-corrected chi connectivity index (χ0v) is 86.6. The van der Waals surface area contributed by atoms with Gasteiger partial charge < -0.3 is 143 Å². The number of amides is 10. The number of nitrogens with one attached hydrogen (secondary N) is 10. The molecule has 4 rings (SSSR count). The van der Waals surface area contributed by atoms with E-state index in [2.05, 4.69) is 53.2 Å². The fourth-order valence-electron chi connectivity index (χ4n) is 15.5. The van der Waals surface area contributed by atoms with Gasteiger partial charge in [0.2, 0.25) is 59.1 Å². The van der Waals surface area contributed by atoms with Gasteiger partial charge in [-0.2, -0.15) is 0 Å². The van der Waals surface area contributed by atoms with Crippen LogP contribution in [0.3, 0.4) is 0 Å². The second-order valence-electron chi connectivity index (χ2n) is 35.5. The third-order valence-electron chi connectivity index (χ3n) is 22.2. The van der Waals surface area contributed by atoms with Gasteiger partial charge in [0.15, 0.2) is 55.5 Å². The number of carbonyl (C=O) groups is 20. The van der Waals surface area contributed by atoms with Crippen LogP contribution in [0.1, 0.15) is 249 Å². The molecule has 0 bridgehead atoms. The number of rotatable bonds is 74. The van der Waals surface area contributed by atoms with Crippen LogP contribution in [-0.2, 0) is 192 Å². The minimum Gasteiger partial charge on any atom is -0.463 e. The molecule has 10 amide bonds. The van der Waals surface area contributed by atoms with Crippen LogP contribution in [0.5, 0.6) is 0 Å². The fraction of sp³-hybridized carbons (Fsp3) is 0.735. The summed E-state index contributed by atoms with van der Waals surface area (Å²) in [7, 11) is 0. The highest BCUT2D eigenvalue weighted by atomic mass is 16.7. The lowest BCUT2D eigenvalue weighted by molar-refractivity contribution is -0.277. The van der Waals surface area contributed by atoms with Crippen LogP contribution in [-0.4, -0.2) is 335 Å². The summed E-state index contributed by atoms with van der Waals surface area (Å²) in [4.78, 5) is 251. The molecule has 15 atom stereocenters. The number of esters is 10. The number of hydrogen-bond donors (Lipinski definition) is 10. The molecule has 3 heterocycles. The van der Waals surface area contributed by atoms with E-state index in [1.807, 2.05) is 30.3 Å². The number of carbonyl (C=O) groups excluding carboxylic acids is 20. The first-order valence-electron chi connectivity index (χ1n) is 50.0. The van der Waals surface area contributed by atoms with Crippen LogP contribution in [0.25, 0.3) is 0 Å². The van der Waals surface area contributed by atoms with Crippen molar-refractivity contribution >= 4 is 119 Å². The van der Waals surface area contributed by atoms with Crippen LogP contribution in [0.2, 0.25) is 0 Å². The Labute approximate surface area is 856 Å². The second kappa shape index (κ2) is 73.4. The number of hydrogen-bond acceptors (Lipinski definition) is 39. The maximum absolute atomic E-state index is 14.2. The molecule has 147 heavy (non-hydrogen) atoms. The predicted octanol–water partition coefficient (Wildman–Crippen LogP) is 2.10. The summed E-state index contributed by atoms with van der Waals surface area (Å²) in [6.07, 6.45) is -6.02. The van der Waals surface area contributed by atoms with Crippen molar-refractivity contribution in [3.05, 3.63) is 35.9 Å². The van der Waals surface area contributed by atoms with Crippen molar-refractivity contribution in [2.24, 2.45) is 0 Å². The number of ether oxygens (including phenoxy) is 19. The van der Waals surface area contributed by atoms with E-state index in [1.54, 1.807) is 0 Å². The van der Waals surface area contributed by atoms with E-state index in [1.165, 1.54) is 20.8 Å². The van der Waals surface area contributed by atoms with Gasteiger partial charge in [0.05, 0.1) is 39.6 Å². The lowest BCUT2D eigenvalue weighted by atomic mass is 9.96. The molecule has 3 saturated heterocycles. The molecule has 1 aromatic rings. The maximum atomic E-state index is 14.2. The normalized spacial score (nSPS) is 20.7. The van der Waals surface area contributed by atoms with Crippen LogP contribution in [0, 0.1) is 0 Å². The van der Waals surface area contributed by atoms with Gasteiger partial charge in [-0.05, 0) is 76.2 Å². The van der Waals surface area contributed by atoms with E-state index < -0.39 is 212 Å². The summed E-state index contributed by atoms with van der Waals surface area (Å²) >= 11 is 0. The molecular weight excluding hydrogens is 1940 g/mol. The minimum absolute atomic E-state index is 0.0168. The largest absolute Gasteiger partial charge is 0.463 e. The van der Waals surface area contributed by atoms with Gasteiger partial charge in [-0.1, -0.05) is 68.9 Å². The van der Waals surface area contributed by atoms with E-state index in [0.717, 1.165) is 100.0 Å². The molecule has 10 N–H and O–H groups in total. The van der Waals surface area contributed by atoms with Crippen molar-refractivity contribution < 1.29 is 186 Å². The van der Waals surface area contributed by atoms with Gasteiger partial charge in [0.25, 0.3) is 0 Å². The highest BCUT2D eigenvalue weighted by Gasteiger charge is 2.55. The van der Waals surface area contributed by atoms with E-state index in [-0.39, 0.29) is 174 Å². The molecule has 49 nitrogen and oxygen atoms in total. The maximum Gasteiger partial charge on any atom is 0.306 e. The molecule has 49 heteroatoms. The van der Waals surface area contributed by atoms with Gasteiger partial charge in [-0.3, -0.25) is 95.9 Å². The van der Waals surface area contributed by atoms with E-state index >= 15 is 0 Å². The highest BCUT2D eigenvalue weighted by Crippen LogP contribution is 2.33. The lowest BCUT2D eigenvalue weighted by Crippen LogP contribution is -2.66. The Morgan fingerprint density at radius 2 is 0.531 bits per heavy atom. The van der Waals surface area contributed by atoms with Gasteiger partial charge >= 0.3 is 59.7 Å². The van der Waals surface area contributed by atoms with Crippen LogP contribution in [0.4, 0.5) is 0 Å². The van der Waals surface area contributed by atoms with Gasteiger partial charge in [0.1, 0.15) is 68.4 Å². The Kier molecular flexibility index (Phi) is 63.7. The van der Waals surface area contributed by atoms with Crippen molar-refractivity contribution in [1.82, 2.24) is 53.2 Å². The van der Waals surface area contributed by atoms with Crippen molar-refractivity contribution in [1.29, 1.82) is 0 Å². The molecule has 3 aliphatic rings. The SMILES string of the molecule is CC(=O)NC1[C@H](OCCCCC(=O)NCCCNC(=O)CCOCC(COCCC(=O)NCCCNC(=O)CCCCO[C@@H]2OC(COC(C)=O)[C@@H](OC(C)=O)[C@H](OC(C)=O)C2NC(C)=O)(COCCC(=O)NCCCNC(=O)CCCCO[C@@H]2OC(COC(C)=O)[C@@H](OC(C)=O)[C@H](OC(C)=O)C2NC(C)=O)NC(=O)CCCCCCCCCCC(=O)OCc2ccccc2)OC(COC(C)=O)[C@@H](OC(C)=O)[C@@H]1OC(C)=O.